The first-order chi connectivity index (χ1) is 5.74. The molecule has 0 unspecified atom stereocenters. The van der Waals surface area contributed by atoms with Gasteiger partial charge in [-0.15, -0.1) is 0 Å². The second kappa shape index (κ2) is 4.15. The number of hydrogen-bond acceptors (Lipinski definition) is 4. The fourth-order valence-corrected chi connectivity index (χ4v) is 1.26. The molecule has 1 rings (SSSR count). The summed E-state index contributed by atoms with van der Waals surface area (Å²) in [5, 5.41) is 7.23. The number of nitrogens with one attached hydrogen (secondary N) is 1. The van der Waals surface area contributed by atoms with E-state index in [2.05, 4.69) is 17.0 Å². The van der Waals surface area contributed by atoms with Gasteiger partial charge in [0.05, 0.1) is 6.54 Å². The minimum absolute atomic E-state index is 0.0280. The standard InChI is InChI=1S/C7H10N2O2S/c8-6(11-5-12)4-9-3-1-2-7(9)10/h5,8H,1-4H2. The number of amides is 1. The van der Waals surface area contributed by atoms with Crippen molar-refractivity contribution in [1.29, 1.82) is 5.41 Å². The van der Waals surface area contributed by atoms with Crippen molar-refractivity contribution in [2.45, 2.75) is 12.8 Å². The molecule has 1 saturated heterocycles. The maximum absolute atomic E-state index is 11.1. The molecule has 0 aromatic rings. The van der Waals surface area contributed by atoms with Crippen LogP contribution in [0, 0.1) is 5.41 Å². The maximum Gasteiger partial charge on any atom is 0.223 e. The van der Waals surface area contributed by atoms with E-state index in [0.29, 0.717) is 6.42 Å². The second-order valence-corrected chi connectivity index (χ2v) is 2.75. The van der Waals surface area contributed by atoms with E-state index in [-0.39, 0.29) is 18.3 Å². The van der Waals surface area contributed by atoms with Crippen molar-refractivity contribution in [3.05, 3.63) is 0 Å². The van der Waals surface area contributed by atoms with Gasteiger partial charge in [0.2, 0.25) is 11.8 Å². The molecule has 1 aliphatic heterocycles. The van der Waals surface area contributed by atoms with E-state index in [1.807, 2.05) is 0 Å². The molecule has 0 bridgehead atoms. The van der Waals surface area contributed by atoms with Gasteiger partial charge in [0, 0.05) is 13.0 Å². The third-order valence-corrected chi connectivity index (χ3v) is 1.79. The van der Waals surface area contributed by atoms with Crippen molar-refractivity contribution in [2.24, 2.45) is 0 Å². The minimum atomic E-state index is 0.0280. The third-order valence-electron chi connectivity index (χ3n) is 1.70. The lowest BCUT2D eigenvalue weighted by molar-refractivity contribution is -0.127. The summed E-state index contributed by atoms with van der Waals surface area (Å²) >= 11 is 4.41. The monoisotopic (exact) mass is 186 g/mol. The molecule has 1 N–H and O–H groups in total. The fraction of sp³-hybridized carbons (Fsp3) is 0.571. The Hall–Kier alpha value is -0.970. The lowest BCUT2D eigenvalue weighted by Crippen LogP contribution is -2.31. The molecule has 0 aliphatic carbocycles. The summed E-state index contributed by atoms with van der Waals surface area (Å²) in [6.07, 6.45) is 1.47. The van der Waals surface area contributed by atoms with Gasteiger partial charge >= 0.3 is 0 Å². The van der Waals surface area contributed by atoms with Crippen LogP contribution < -0.4 is 0 Å². The van der Waals surface area contributed by atoms with Crippen LogP contribution in [0.5, 0.6) is 0 Å². The van der Waals surface area contributed by atoms with Crippen LogP contribution in [-0.2, 0) is 9.53 Å². The average molecular weight is 186 g/mol. The van der Waals surface area contributed by atoms with Crippen LogP contribution in [0.2, 0.25) is 0 Å². The van der Waals surface area contributed by atoms with Gasteiger partial charge in [-0.3, -0.25) is 10.2 Å². The molecule has 1 amide bonds. The Morgan fingerprint density at radius 2 is 2.58 bits per heavy atom. The molecule has 66 valence electrons. The zero-order chi connectivity index (χ0) is 8.97. The molecule has 5 heteroatoms. The number of thiocarbonyl (C=S) groups is 1. The SMILES string of the molecule is N=C(CN1CCCC1=O)OC=S. The first-order valence-electron chi connectivity index (χ1n) is 3.69. The van der Waals surface area contributed by atoms with Gasteiger partial charge in [0.15, 0.2) is 5.55 Å². The molecule has 0 saturated carbocycles. The molecule has 0 aromatic heterocycles. The zero-order valence-corrected chi connectivity index (χ0v) is 7.39. The molecule has 4 nitrogen and oxygen atoms in total. The summed E-state index contributed by atoms with van der Waals surface area (Å²) in [6, 6.07) is 0. The molecule has 0 spiro atoms. The predicted molar refractivity (Wildman–Crippen MR) is 48.3 cm³/mol. The second-order valence-electron chi connectivity index (χ2n) is 2.56. The van der Waals surface area contributed by atoms with Crippen molar-refractivity contribution >= 4 is 29.6 Å². The Balaban J connectivity index is 2.34. The Bertz CT molecular complexity index is 217. The summed E-state index contributed by atoms with van der Waals surface area (Å²) in [5.41, 5.74) is 1.03. The number of nitrogens with zero attached hydrogens (tertiary/aromatic N) is 1. The van der Waals surface area contributed by atoms with Gasteiger partial charge in [-0.05, 0) is 18.6 Å². The molecule has 0 atom stereocenters. The Labute approximate surface area is 76.0 Å². The molecule has 0 aromatic carbocycles. The van der Waals surface area contributed by atoms with Crippen LogP contribution in [0.25, 0.3) is 0 Å². The van der Waals surface area contributed by atoms with Crippen LogP contribution in [-0.4, -0.2) is 35.3 Å². The summed E-state index contributed by atoms with van der Waals surface area (Å²) < 4.78 is 4.63. The normalized spacial score (nSPS) is 16.3. The first kappa shape index (κ1) is 9.12. The lowest BCUT2D eigenvalue weighted by atomic mass is 10.4. The minimum Gasteiger partial charge on any atom is -0.438 e. The van der Waals surface area contributed by atoms with Crippen LogP contribution in [0.15, 0.2) is 0 Å². The van der Waals surface area contributed by atoms with Gasteiger partial charge < -0.3 is 9.64 Å². The number of ether oxygens (including phenoxy) is 1. The van der Waals surface area contributed by atoms with Crippen molar-refractivity contribution < 1.29 is 9.53 Å². The molecular weight excluding hydrogens is 176 g/mol. The van der Waals surface area contributed by atoms with E-state index in [0.717, 1.165) is 18.5 Å². The van der Waals surface area contributed by atoms with Crippen LogP contribution in [0.1, 0.15) is 12.8 Å². The Morgan fingerprint density at radius 1 is 1.83 bits per heavy atom. The smallest absolute Gasteiger partial charge is 0.223 e. The molecule has 1 aliphatic rings. The number of likely N-dealkylation sites (tertiary alicyclic amines) is 1. The predicted octanol–water partition coefficient (Wildman–Crippen LogP) is 0.560. The van der Waals surface area contributed by atoms with E-state index in [1.54, 1.807) is 4.90 Å². The summed E-state index contributed by atoms with van der Waals surface area (Å²) in [7, 11) is 0. The van der Waals surface area contributed by atoms with Gasteiger partial charge in [0.1, 0.15) is 0 Å². The maximum atomic E-state index is 11.1. The lowest BCUT2D eigenvalue weighted by Gasteiger charge is -2.14. The van der Waals surface area contributed by atoms with E-state index >= 15 is 0 Å². The van der Waals surface area contributed by atoms with Crippen molar-refractivity contribution in [3.8, 4) is 0 Å². The molecule has 1 fully saturated rings. The van der Waals surface area contributed by atoms with E-state index in [1.165, 1.54) is 0 Å². The Morgan fingerprint density at radius 3 is 3.08 bits per heavy atom. The highest BCUT2D eigenvalue weighted by Gasteiger charge is 2.21. The molecule has 1 heterocycles. The van der Waals surface area contributed by atoms with E-state index in [9.17, 15) is 4.79 Å². The van der Waals surface area contributed by atoms with Gasteiger partial charge in [-0.25, -0.2) is 0 Å². The van der Waals surface area contributed by atoms with Crippen molar-refractivity contribution in [1.82, 2.24) is 4.90 Å². The zero-order valence-electron chi connectivity index (χ0n) is 6.58. The van der Waals surface area contributed by atoms with Crippen molar-refractivity contribution in [3.63, 3.8) is 0 Å². The van der Waals surface area contributed by atoms with E-state index in [4.69, 9.17) is 5.41 Å². The van der Waals surface area contributed by atoms with E-state index < -0.39 is 0 Å². The number of rotatable bonds is 3. The van der Waals surface area contributed by atoms with Gasteiger partial charge in [-0.2, -0.15) is 0 Å². The average Bonchev–Trinajstić information content (AvgIpc) is 2.37. The molecule has 0 radical (unpaired) electrons. The van der Waals surface area contributed by atoms with Gasteiger partial charge in [0.25, 0.3) is 0 Å². The molecule has 12 heavy (non-hydrogen) atoms. The quantitative estimate of drug-likeness (QED) is 0.398. The highest BCUT2D eigenvalue weighted by Crippen LogP contribution is 2.08. The van der Waals surface area contributed by atoms with Crippen LogP contribution in [0.3, 0.4) is 0 Å². The largest absolute Gasteiger partial charge is 0.438 e. The number of hydrogen-bond donors (Lipinski definition) is 1. The fourth-order valence-electron chi connectivity index (χ4n) is 1.14. The van der Waals surface area contributed by atoms with Crippen LogP contribution in [0.4, 0.5) is 0 Å². The number of carbonyl (C=O) groups is 1. The summed E-state index contributed by atoms with van der Waals surface area (Å²) in [5.74, 6) is 0.118. The highest BCUT2D eigenvalue weighted by molar-refractivity contribution is 7.78. The topological polar surface area (TPSA) is 53.4 Å². The Kier molecular flexibility index (Phi) is 3.16. The summed E-state index contributed by atoms with van der Waals surface area (Å²) in [6.45, 7) is 0.966. The third kappa shape index (κ3) is 2.27. The highest BCUT2D eigenvalue weighted by atomic mass is 32.1. The summed E-state index contributed by atoms with van der Waals surface area (Å²) in [4.78, 5) is 12.6. The first-order valence-corrected chi connectivity index (χ1v) is 4.16. The number of carbonyl (C=O) groups excluding carboxylic acids is 1. The van der Waals surface area contributed by atoms with Gasteiger partial charge in [-0.1, -0.05) is 0 Å². The van der Waals surface area contributed by atoms with Crippen LogP contribution >= 0.6 is 12.2 Å². The molecular formula is C7H10N2O2S. The van der Waals surface area contributed by atoms with Crippen molar-refractivity contribution in [2.75, 3.05) is 13.1 Å².